The zero-order valence-corrected chi connectivity index (χ0v) is 15.7. The summed E-state index contributed by atoms with van der Waals surface area (Å²) in [4.78, 5) is 19.7. The number of hydrogen-bond donors (Lipinski definition) is 1. The van der Waals surface area contributed by atoms with Crippen LogP contribution in [0.3, 0.4) is 0 Å². The van der Waals surface area contributed by atoms with Crippen molar-refractivity contribution in [1.82, 2.24) is 20.1 Å². The van der Waals surface area contributed by atoms with Gasteiger partial charge in [0.05, 0.1) is 11.7 Å². The lowest BCUT2D eigenvalue weighted by molar-refractivity contribution is -0.133. The van der Waals surface area contributed by atoms with Gasteiger partial charge in [-0.05, 0) is 43.7 Å². The maximum Gasteiger partial charge on any atom is 0.223 e. The third kappa shape index (κ3) is 4.03. The highest BCUT2D eigenvalue weighted by Crippen LogP contribution is 2.34. The van der Waals surface area contributed by atoms with E-state index in [1.165, 1.54) is 43.4 Å². The minimum Gasteiger partial charge on any atom is -0.334 e. The van der Waals surface area contributed by atoms with Crippen molar-refractivity contribution in [1.29, 1.82) is 0 Å². The van der Waals surface area contributed by atoms with Gasteiger partial charge in [-0.3, -0.25) is 4.79 Å². The molecule has 1 saturated carbocycles. The van der Waals surface area contributed by atoms with Gasteiger partial charge in [-0.15, -0.1) is 10.2 Å². The predicted molar refractivity (Wildman–Crippen MR) is 102 cm³/mol. The molecular weight excluding hydrogens is 346 g/mol. The minimum atomic E-state index is 0.0993. The Morgan fingerprint density at radius 2 is 2.08 bits per heavy atom. The molecule has 26 heavy (non-hydrogen) atoms. The monoisotopic (exact) mass is 371 g/mol. The molecule has 0 spiro atoms. The smallest absolute Gasteiger partial charge is 0.223 e. The van der Waals surface area contributed by atoms with Gasteiger partial charge in [-0.25, -0.2) is 4.98 Å². The third-order valence-electron chi connectivity index (χ3n) is 5.47. The predicted octanol–water partition coefficient (Wildman–Crippen LogP) is 4.31. The second-order valence-corrected chi connectivity index (χ2v) is 8.10. The Balaban J connectivity index is 1.44. The van der Waals surface area contributed by atoms with E-state index in [1.54, 1.807) is 5.51 Å². The Hall–Kier alpha value is -2.02. The van der Waals surface area contributed by atoms with E-state index in [4.69, 9.17) is 4.98 Å². The van der Waals surface area contributed by atoms with Gasteiger partial charge in [0.15, 0.2) is 0 Å². The largest absolute Gasteiger partial charge is 0.334 e. The van der Waals surface area contributed by atoms with Gasteiger partial charge in [0, 0.05) is 13.0 Å². The van der Waals surface area contributed by atoms with Crippen LogP contribution in [0, 0.1) is 5.92 Å². The lowest BCUT2D eigenvalue weighted by Gasteiger charge is -2.28. The summed E-state index contributed by atoms with van der Waals surface area (Å²) in [7, 11) is 0. The van der Waals surface area contributed by atoms with E-state index in [-0.39, 0.29) is 6.04 Å². The molecule has 2 aromatic rings. The van der Waals surface area contributed by atoms with Crippen LogP contribution in [0.15, 0.2) is 23.7 Å². The van der Waals surface area contributed by atoms with Gasteiger partial charge in [-0.1, -0.05) is 36.7 Å². The molecule has 4 rings (SSSR count). The summed E-state index contributed by atoms with van der Waals surface area (Å²) in [6, 6.07) is 6.05. The molecule has 1 amide bonds. The summed E-state index contributed by atoms with van der Waals surface area (Å²) < 4.78 is 0. The first-order valence-corrected chi connectivity index (χ1v) is 10.5. The molecule has 0 aromatic carbocycles. The number of aromatic nitrogens is 3. The van der Waals surface area contributed by atoms with Gasteiger partial charge in [0.1, 0.15) is 11.3 Å². The van der Waals surface area contributed by atoms with E-state index in [0.717, 1.165) is 36.0 Å². The topological polar surface area (TPSA) is 71.0 Å². The Bertz CT molecular complexity index is 729. The molecular formula is C19H25N5OS. The van der Waals surface area contributed by atoms with Gasteiger partial charge in [0.2, 0.25) is 11.0 Å². The van der Waals surface area contributed by atoms with Crippen LogP contribution < -0.4 is 5.32 Å². The maximum absolute atomic E-state index is 12.9. The van der Waals surface area contributed by atoms with Gasteiger partial charge in [0.25, 0.3) is 0 Å². The summed E-state index contributed by atoms with van der Waals surface area (Å²) in [6.07, 6.45) is 9.06. The number of amides is 1. The highest BCUT2D eigenvalue weighted by atomic mass is 32.1. The van der Waals surface area contributed by atoms with E-state index in [2.05, 4.69) is 20.4 Å². The fraction of sp³-hybridized carbons (Fsp3) is 0.579. The summed E-state index contributed by atoms with van der Waals surface area (Å²) in [5.74, 6) is 1.64. The molecule has 2 aliphatic rings. The summed E-state index contributed by atoms with van der Waals surface area (Å²) >= 11 is 1.44. The molecule has 0 bridgehead atoms. The quantitative estimate of drug-likeness (QED) is 0.848. The fourth-order valence-corrected chi connectivity index (χ4v) is 4.62. The van der Waals surface area contributed by atoms with Crippen LogP contribution in [0.2, 0.25) is 0 Å². The summed E-state index contributed by atoms with van der Waals surface area (Å²) in [5.41, 5.74) is 2.66. The van der Waals surface area contributed by atoms with E-state index in [0.29, 0.717) is 18.2 Å². The molecule has 1 atom stereocenters. The van der Waals surface area contributed by atoms with Crippen molar-refractivity contribution in [3.8, 4) is 0 Å². The lowest BCUT2D eigenvalue weighted by atomic mass is 9.86. The van der Waals surface area contributed by atoms with Crippen molar-refractivity contribution in [2.24, 2.45) is 5.92 Å². The van der Waals surface area contributed by atoms with Crippen LogP contribution in [0.25, 0.3) is 0 Å². The van der Waals surface area contributed by atoms with Crippen molar-refractivity contribution in [2.75, 3.05) is 11.9 Å². The maximum atomic E-state index is 12.9. The molecule has 1 aliphatic heterocycles. The van der Waals surface area contributed by atoms with Crippen LogP contribution in [0.4, 0.5) is 10.9 Å². The Morgan fingerprint density at radius 1 is 1.19 bits per heavy atom. The van der Waals surface area contributed by atoms with E-state index in [1.807, 2.05) is 18.2 Å². The second kappa shape index (κ2) is 8.12. The Kier molecular flexibility index (Phi) is 5.43. The zero-order chi connectivity index (χ0) is 17.8. The molecule has 1 aliphatic carbocycles. The van der Waals surface area contributed by atoms with Crippen molar-refractivity contribution in [2.45, 2.75) is 57.4 Å². The standard InChI is InChI=1S/C19H25N5OS/c25-18(12-14-6-2-1-3-7-14)24-11-5-9-16(24)15-8-4-10-17(21-15)22-19-23-20-13-26-19/h4,8,10,13-14,16H,1-3,5-7,9,11-12H2,(H,21,22,23)/t16-/m0/s1. The summed E-state index contributed by atoms with van der Waals surface area (Å²) in [5, 5.41) is 11.7. The number of carbonyl (C=O) groups is 1. The fourth-order valence-electron chi connectivity index (χ4n) is 4.17. The molecule has 7 heteroatoms. The number of carbonyl (C=O) groups excluding carboxylic acids is 1. The van der Waals surface area contributed by atoms with Gasteiger partial charge >= 0.3 is 0 Å². The van der Waals surface area contributed by atoms with Crippen LogP contribution in [-0.2, 0) is 4.79 Å². The Labute approximate surface area is 158 Å². The number of anilines is 2. The van der Waals surface area contributed by atoms with E-state index >= 15 is 0 Å². The van der Waals surface area contributed by atoms with Crippen molar-refractivity contribution in [3.05, 3.63) is 29.4 Å². The molecule has 1 saturated heterocycles. The lowest BCUT2D eigenvalue weighted by Crippen LogP contribution is -2.32. The SMILES string of the molecule is O=C(CC1CCCCC1)N1CCC[C@H]1c1cccc(Nc2nncs2)n1. The van der Waals surface area contributed by atoms with E-state index in [9.17, 15) is 4.79 Å². The highest BCUT2D eigenvalue weighted by molar-refractivity contribution is 7.13. The normalized spacial score (nSPS) is 21.1. The molecule has 3 heterocycles. The molecule has 1 N–H and O–H groups in total. The van der Waals surface area contributed by atoms with Gasteiger partial charge < -0.3 is 10.2 Å². The number of likely N-dealkylation sites (tertiary alicyclic amines) is 1. The van der Waals surface area contributed by atoms with Crippen LogP contribution in [0.1, 0.15) is 63.1 Å². The molecule has 0 unspecified atom stereocenters. The van der Waals surface area contributed by atoms with Crippen molar-refractivity contribution >= 4 is 28.2 Å². The number of hydrogen-bond acceptors (Lipinski definition) is 6. The first-order valence-electron chi connectivity index (χ1n) is 9.59. The second-order valence-electron chi connectivity index (χ2n) is 7.27. The first-order chi connectivity index (χ1) is 12.8. The molecule has 2 fully saturated rings. The number of nitrogens with zero attached hydrogens (tertiary/aromatic N) is 4. The number of pyridine rings is 1. The van der Waals surface area contributed by atoms with Crippen molar-refractivity contribution < 1.29 is 4.79 Å². The van der Waals surface area contributed by atoms with E-state index < -0.39 is 0 Å². The minimum absolute atomic E-state index is 0.0993. The van der Waals surface area contributed by atoms with Crippen LogP contribution in [-0.4, -0.2) is 32.5 Å². The Morgan fingerprint density at radius 3 is 2.88 bits per heavy atom. The highest BCUT2D eigenvalue weighted by Gasteiger charge is 2.32. The van der Waals surface area contributed by atoms with Crippen LogP contribution in [0.5, 0.6) is 0 Å². The number of nitrogens with one attached hydrogen (secondary N) is 1. The van der Waals surface area contributed by atoms with Crippen molar-refractivity contribution in [3.63, 3.8) is 0 Å². The van der Waals surface area contributed by atoms with Crippen LogP contribution >= 0.6 is 11.3 Å². The zero-order valence-electron chi connectivity index (χ0n) is 14.9. The molecule has 0 radical (unpaired) electrons. The molecule has 6 nitrogen and oxygen atoms in total. The number of rotatable bonds is 5. The average Bonchev–Trinajstić information content (AvgIpc) is 3.34. The van der Waals surface area contributed by atoms with Gasteiger partial charge in [-0.2, -0.15) is 0 Å². The molecule has 2 aromatic heterocycles. The molecule has 138 valence electrons. The first kappa shape index (κ1) is 17.4. The third-order valence-corrected chi connectivity index (χ3v) is 6.07. The summed E-state index contributed by atoms with van der Waals surface area (Å²) in [6.45, 7) is 0.853. The average molecular weight is 372 g/mol.